The van der Waals surface area contributed by atoms with Crippen LogP contribution < -0.4 is 0 Å². The Kier molecular flexibility index (Phi) is 5.58. The van der Waals surface area contributed by atoms with E-state index in [9.17, 15) is 0 Å². The summed E-state index contributed by atoms with van der Waals surface area (Å²) in [7, 11) is 0. The predicted octanol–water partition coefficient (Wildman–Crippen LogP) is 2.06. The van der Waals surface area contributed by atoms with Gasteiger partial charge in [-0.25, -0.2) is 0 Å². The van der Waals surface area contributed by atoms with Crippen molar-refractivity contribution in [2.75, 3.05) is 26.3 Å². The molecule has 2 rings (SSSR count). The second-order valence-corrected chi connectivity index (χ2v) is 4.50. The summed E-state index contributed by atoms with van der Waals surface area (Å²) >= 11 is 0. The van der Waals surface area contributed by atoms with Crippen LogP contribution in [0, 0.1) is 0 Å². The van der Waals surface area contributed by atoms with Crippen LogP contribution in [0.3, 0.4) is 0 Å². The fraction of sp³-hybridized carbons (Fsp3) is 0.643. The van der Waals surface area contributed by atoms with Gasteiger partial charge < -0.3 is 9.47 Å². The third-order valence-electron chi connectivity index (χ3n) is 3.14. The third-order valence-corrected chi connectivity index (χ3v) is 3.14. The minimum Gasteiger partial charge on any atom is -0.353 e. The van der Waals surface area contributed by atoms with Gasteiger partial charge in [-0.3, -0.25) is 9.88 Å². The van der Waals surface area contributed by atoms with Gasteiger partial charge in [0, 0.05) is 25.7 Å². The van der Waals surface area contributed by atoms with Crippen LogP contribution in [-0.2, 0) is 16.0 Å². The van der Waals surface area contributed by atoms with Crippen LogP contribution in [0.1, 0.15) is 25.5 Å². The highest BCUT2D eigenvalue weighted by Gasteiger charge is 2.15. The Morgan fingerprint density at radius 2 is 2.17 bits per heavy atom. The van der Waals surface area contributed by atoms with Crippen LogP contribution in [0.5, 0.6) is 0 Å². The normalized spacial score (nSPS) is 17.2. The van der Waals surface area contributed by atoms with E-state index < -0.39 is 0 Å². The van der Waals surface area contributed by atoms with Gasteiger partial charge in [-0.1, -0.05) is 13.0 Å². The lowest BCUT2D eigenvalue weighted by Crippen LogP contribution is -2.31. The summed E-state index contributed by atoms with van der Waals surface area (Å²) in [4.78, 5) is 6.72. The van der Waals surface area contributed by atoms with E-state index in [-0.39, 0.29) is 6.29 Å². The summed E-state index contributed by atoms with van der Waals surface area (Å²) < 4.78 is 11.1. The van der Waals surface area contributed by atoms with E-state index in [0.717, 1.165) is 51.4 Å². The fourth-order valence-corrected chi connectivity index (χ4v) is 2.06. The van der Waals surface area contributed by atoms with Crippen molar-refractivity contribution in [3.8, 4) is 0 Å². The highest BCUT2D eigenvalue weighted by Crippen LogP contribution is 2.10. The van der Waals surface area contributed by atoms with Crippen molar-refractivity contribution in [3.63, 3.8) is 0 Å². The molecule has 0 saturated carbocycles. The standard InChI is InChI=1S/C14H22N2O2/c1-2-16(12-13-6-3-4-8-15-13)9-7-14-17-10-5-11-18-14/h3-4,6,8,14H,2,5,7,9-12H2,1H3. The van der Waals surface area contributed by atoms with Crippen molar-refractivity contribution in [1.29, 1.82) is 0 Å². The first-order chi connectivity index (χ1) is 8.88. The number of hydrogen-bond acceptors (Lipinski definition) is 4. The molecule has 0 atom stereocenters. The van der Waals surface area contributed by atoms with E-state index in [1.807, 2.05) is 18.3 Å². The molecular weight excluding hydrogens is 228 g/mol. The summed E-state index contributed by atoms with van der Waals surface area (Å²) in [5.74, 6) is 0. The maximum Gasteiger partial charge on any atom is 0.158 e. The van der Waals surface area contributed by atoms with Crippen LogP contribution in [-0.4, -0.2) is 42.5 Å². The largest absolute Gasteiger partial charge is 0.353 e. The molecular formula is C14H22N2O2. The molecule has 4 heteroatoms. The molecule has 100 valence electrons. The van der Waals surface area contributed by atoms with Gasteiger partial charge >= 0.3 is 0 Å². The SMILES string of the molecule is CCN(CCC1OCCCO1)Cc1ccccn1. The Hall–Kier alpha value is -0.970. The topological polar surface area (TPSA) is 34.6 Å². The van der Waals surface area contributed by atoms with Gasteiger partial charge in [-0.05, 0) is 25.1 Å². The second-order valence-electron chi connectivity index (χ2n) is 4.50. The molecule has 0 spiro atoms. The Bertz CT molecular complexity index is 326. The number of rotatable bonds is 6. The number of pyridine rings is 1. The van der Waals surface area contributed by atoms with E-state index in [1.54, 1.807) is 0 Å². The molecule has 1 aromatic rings. The monoisotopic (exact) mass is 250 g/mol. The fourth-order valence-electron chi connectivity index (χ4n) is 2.06. The highest BCUT2D eigenvalue weighted by atomic mass is 16.7. The number of nitrogens with zero attached hydrogens (tertiary/aromatic N) is 2. The van der Waals surface area contributed by atoms with E-state index in [0.29, 0.717) is 0 Å². The molecule has 0 radical (unpaired) electrons. The molecule has 0 bridgehead atoms. The van der Waals surface area contributed by atoms with Crippen LogP contribution in [0.4, 0.5) is 0 Å². The maximum absolute atomic E-state index is 5.56. The zero-order chi connectivity index (χ0) is 12.6. The van der Waals surface area contributed by atoms with E-state index in [2.05, 4.69) is 22.9 Å². The Labute approximate surface area is 109 Å². The molecule has 1 aliphatic rings. The van der Waals surface area contributed by atoms with E-state index in [4.69, 9.17) is 9.47 Å². The van der Waals surface area contributed by atoms with Crippen molar-refractivity contribution in [1.82, 2.24) is 9.88 Å². The van der Waals surface area contributed by atoms with Crippen molar-refractivity contribution >= 4 is 0 Å². The first-order valence-electron chi connectivity index (χ1n) is 6.74. The van der Waals surface area contributed by atoms with Gasteiger partial charge in [0.25, 0.3) is 0 Å². The molecule has 0 amide bonds. The minimum absolute atomic E-state index is 0.0171. The molecule has 0 aliphatic carbocycles. The quantitative estimate of drug-likeness (QED) is 0.774. The molecule has 0 unspecified atom stereocenters. The van der Waals surface area contributed by atoms with E-state index >= 15 is 0 Å². The Balaban J connectivity index is 1.75. The number of hydrogen-bond donors (Lipinski definition) is 0. The third kappa shape index (κ3) is 4.37. The summed E-state index contributed by atoms with van der Waals surface area (Å²) in [5.41, 5.74) is 1.12. The average Bonchev–Trinajstić information content (AvgIpc) is 2.45. The molecule has 1 fully saturated rings. The predicted molar refractivity (Wildman–Crippen MR) is 70.1 cm³/mol. The van der Waals surface area contributed by atoms with Gasteiger partial charge in [-0.2, -0.15) is 0 Å². The zero-order valence-corrected chi connectivity index (χ0v) is 11.0. The maximum atomic E-state index is 5.56. The molecule has 0 aromatic carbocycles. The molecule has 1 aliphatic heterocycles. The van der Waals surface area contributed by atoms with Gasteiger partial charge in [0.1, 0.15) is 0 Å². The molecule has 4 nitrogen and oxygen atoms in total. The molecule has 18 heavy (non-hydrogen) atoms. The summed E-state index contributed by atoms with van der Waals surface area (Å²) in [6.07, 6.45) is 3.77. The van der Waals surface area contributed by atoms with E-state index in [1.165, 1.54) is 0 Å². The highest BCUT2D eigenvalue weighted by molar-refractivity contribution is 5.03. The summed E-state index contributed by atoms with van der Waals surface area (Å²) in [5, 5.41) is 0. The lowest BCUT2D eigenvalue weighted by Gasteiger charge is -2.26. The van der Waals surface area contributed by atoms with Crippen molar-refractivity contribution in [3.05, 3.63) is 30.1 Å². The van der Waals surface area contributed by atoms with Gasteiger partial charge in [0.15, 0.2) is 6.29 Å². The van der Waals surface area contributed by atoms with Gasteiger partial charge in [0.2, 0.25) is 0 Å². The lowest BCUT2D eigenvalue weighted by atomic mass is 10.3. The smallest absolute Gasteiger partial charge is 0.158 e. The zero-order valence-electron chi connectivity index (χ0n) is 11.0. The minimum atomic E-state index is -0.0171. The van der Waals surface area contributed by atoms with Crippen LogP contribution in [0.15, 0.2) is 24.4 Å². The van der Waals surface area contributed by atoms with Gasteiger partial charge in [0.05, 0.1) is 18.9 Å². The van der Waals surface area contributed by atoms with Crippen molar-refractivity contribution < 1.29 is 9.47 Å². The van der Waals surface area contributed by atoms with Crippen LogP contribution in [0.25, 0.3) is 0 Å². The Morgan fingerprint density at radius 1 is 1.33 bits per heavy atom. The molecule has 0 N–H and O–H groups in total. The molecule has 1 aromatic heterocycles. The van der Waals surface area contributed by atoms with Gasteiger partial charge in [-0.15, -0.1) is 0 Å². The van der Waals surface area contributed by atoms with Crippen LogP contribution in [0.2, 0.25) is 0 Å². The van der Waals surface area contributed by atoms with Crippen LogP contribution >= 0.6 is 0 Å². The van der Waals surface area contributed by atoms with Crippen molar-refractivity contribution in [2.24, 2.45) is 0 Å². The molecule has 2 heterocycles. The van der Waals surface area contributed by atoms with Crippen molar-refractivity contribution in [2.45, 2.75) is 32.6 Å². The first-order valence-corrected chi connectivity index (χ1v) is 6.74. The Morgan fingerprint density at radius 3 is 2.83 bits per heavy atom. The molecule has 1 saturated heterocycles. The average molecular weight is 250 g/mol. The lowest BCUT2D eigenvalue weighted by molar-refractivity contribution is -0.182. The number of ether oxygens (including phenoxy) is 2. The summed E-state index contributed by atoms with van der Waals surface area (Å²) in [6, 6.07) is 6.04. The summed E-state index contributed by atoms with van der Waals surface area (Å²) in [6.45, 7) is 6.73. The second kappa shape index (κ2) is 7.46. The first kappa shape index (κ1) is 13.5. The number of aromatic nitrogens is 1.